The van der Waals surface area contributed by atoms with Gasteiger partial charge in [-0.1, -0.05) is 37.6 Å². The van der Waals surface area contributed by atoms with Gasteiger partial charge in [0.05, 0.1) is 20.8 Å². The summed E-state index contributed by atoms with van der Waals surface area (Å²) in [4.78, 5) is 13.4. The Morgan fingerprint density at radius 2 is 1.92 bits per heavy atom. The van der Waals surface area contributed by atoms with Crippen molar-refractivity contribution in [3.63, 3.8) is 0 Å². The van der Waals surface area contributed by atoms with Gasteiger partial charge in [0.2, 0.25) is 11.4 Å². The molecule has 1 aliphatic carbocycles. The highest BCUT2D eigenvalue weighted by atomic mass is 16.5. The van der Waals surface area contributed by atoms with Crippen LogP contribution in [0.25, 0.3) is 5.65 Å². The minimum Gasteiger partial charge on any atom is -0.493 e. The molecule has 2 heterocycles. The minimum atomic E-state index is -0.179. The van der Waals surface area contributed by atoms with Crippen LogP contribution in [0.2, 0.25) is 0 Å². The molecule has 1 fully saturated rings. The molecule has 0 aliphatic heterocycles. The van der Waals surface area contributed by atoms with Crippen molar-refractivity contribution >= 4 is 11.4 Å². The van der Waals surface area contributed by atoms with Crippen LogP contribution in [0.5, 0.6) is 17.4 Å². The molecule has 1 saturated carbocycles. The number of ether oxygens (including phenoxy) is 4. The maximum atomic E-state index is 13.4. The average Bonchev–Trinajstić information content (AvgIpc) is 3.25. The minimum absolute atomic E-state index is 0.0530. The quantitative estimate of drug-likeness (QED) is 0.268. The van der Waals surface area contributed by atoms with E-state index in [9.17, 15) is 4.79 Å². The number of methoxy groups -OCH3 is 2. The fourth-order valence-electron chi connectivity index (χ4n) is 4.99. The molecule has 0 bridgehead atoms. The summed E-state index contributed by atoms with van der Waals surface area (Å²) in [6.07, 6.45) is 8.01. The van der Waals surface area contributed by atoms with Crippen LogP contribution in [0.3, 0.4) is 0 Å². The maximum absolute atomic E-state index is 13.4. The highest BCUT2D eigenvalue weighted by Crippen LogP contribution is 2.34. The summed E-state index contributed by atoms with van der Waals surface area (Å²) in [5, 5.41) is 16.9. The number of aromatic nitrogens is 4. The molecule has 2 aromatic heterocycles. The molecule has 1 aromatic carbocycles. The average molecular weight is 526 g/mol. The van der Waals surface area contributed by atoms with Crippen LogP contribution in [0.15, 0.2) is 24.3 Å². The van der Waals surface area contributed by atoms with E-state index < -0.39 is 0 Å². The Kier molecular flexibility index (Phi) is 9.38. The highest BCUT2D eigenvalue weighted by molar-refractivity contribution is 5.96. The van der Waals surface area contributed by atoms with Crippen molar-refractivity contribution in [3.8, 4) is 17.4 Å². The molecule has 10 heteroatoms. The first-order chi connectivity index (χ1) is 18.5. The first-order valence-corrected chi connectivity index (χ1v) is 13.5. The van der Waals surface area contributed by atoms with Crippen LogP contribution in [0, 0.1) is 11.3 Å². The molecule has 0 amide bonds. The number of carbonyl (C=O) groups excluding carboxylic acids is 1. The first kappa shape index (κ1) is 27.6. The lowest BCUT2D eigenvalue weighted by molar-refractivity contribution is -0.721. The Hall–Kier alpha value is -3.40. The predicted octanol–water partition coefficient (Wildman–Crippen LogP) is 3.62. The Morgan fingerprint density at radius 3 is 2.61 bits per heavy atom. The molecular formula is C28H39N5O5. The Morgan fingerprint density at radius 1 is 1.16 bits per heavy atom. The molecule has 0 atom stereocenters. The van der Waals surface area contributed by atoms with E-state index in [0.29, 0.717) is 47.7 Å². The van der Waals surface area contributed by atoms with Gasteiger partial charge in [0, 0.05) is 29.9 Å². The maximum Gasteiger partial charge on any atom is 0.317 e. The molecule has 1 aliphatic rings. The molecule has 10 nitrogen and oxygen atoms in total. The zero-order valence-electron chi connectivity index (χ0n) is 22.9. The SMILES string of the molecule is CCC(CC)Oc1ccc2n(n1)c(=N)[n-][n+]2CC(=O)c1cc(COCC2CCCCC2)c(OC)c(OC)c1. The number of fused-ring (bicyclic) bond motifs is 1. The van der Waals surface area contributed by atoms with E-state index in [1.165, 1.54) is 41.3 Å². The third-order valence-electron chi connectivity index (χ3n) is 7.18. The van der Waals surface area contributed by atoms with Gasteiger partial charge >= 0.3 is 5.65 Å². The molecule has 1 N–H and O–H groups in total. The first-order valence-electron chi connectivity index (χ1n) is 13.5. The zero-order valence-corrected chi connectivity index (χ0v) is 22.9. The monoisotopic (exact) mass is 525 g/mol. The lowest BCUT2D eigenvalue weighted by atomic mass is 9.90. The van der Waals surface area contributed by atoms with Crippen LogP contribution in [-0.4, -0.2) is 42.3 Å². The number of carbonyl (C=O) groups is 1. The predicted molar refractivity (Wildman–Crippen MR) is 140 cm³/mol. The number of benzene rings is 1. The molecule has 206 valence electrons. The third-order valence-corrected chi connectivity index (χ3v) is 7.18. The Bertz CT molecular complexity index is 1290. The fourth-order valence-corrected chi connectivity index (χ4v) is 4.99. The number of hydrogen-bond acceptors (Lipinski definition) is 7. The number of hydrogen-bond donors (Lipinski definition) is 1. The number of nitrogens with one attached hydrogen (secondary N) is 1. The van der Waals surface area contributed by atoms with Crippen molar-refractivity contribution in [2.24, 2.45) is 5.92 Å². The van der Waals surface area contributed by atoms with Crippen LogP contribution >= 0.6 is 0 Å². The van der Waals surface area contributed by atoms with Gasteiger partial charge in [-0.2, -0.15) is 9.78 Å². The molecule has 0 saturated heterocycles. The molecule has 38 heavy (non-hydrogen) atoms. The van der Waals surface area contributed by atoms with E-state index in [4.69, 9.17) is 24.4 Å². The number of ketones is 1. The molecule has 0 spiro atoms. The Labute approximate surface area is 223 Å². The number of nitrogens with zero attached hydrogens (tertiary/aromatic N) is 4. The lowest BCUT2D eigenvalue weighted by Crippen LogP contribution is -2.43. The molecule has 3 aromatic rings. The summed E-state index contributed by atoms with van der Waals surface area (Å²) >= 11 is 0. The van der Waals surface area contributed by atoms with E-state index >= 15 is 0 Å². The van der Waals surface area contributed by atoms with Crippen molar-refractivity contribution in [1.82, 2.24) is 14.7 Å². The van der Waals surface area contributed by atoms with Crippen LogP contribution in [0.4, 0.5) is 0 Å². The summed E-state index contributed by atoms with van der Waals surface area (Å²) < 4.78 is 26.0. The van der Waals surface area contributed by atoms with Gasteiger partial charge in [0.15, 0.2) is 18.0 Å². The lowest BCUT2D eigenvalue weighted by Gasteiger charge is -2.22. The van der Waals surface area contributed by atoms with Crippen LogP contribution < -0.4 is 29.6 Å². The fraction of sp³-hybridized carbons (Fsp3) is 0.571. The van der Waals surface area contributed by atoms with E-state index in [1.807, 2.05) is 0 Å². The summed E-state index contributed by atoms with van der Waals surface area (Å²) in [5.74, 6) is 1.87. The van der Waals surface area contributed by atoms with Crippen molar-refractivity contribution in [1.29, 1.82) is 5.41 Å². The summed E-state index contributed by atoms with van der Waals surface area (Å²) in [7, 11) is 3.14. The highest BCUT2D eigenvalue weighted by Gasteiger charge is 2.22. The van der Waals surface area contributed by atoms with Crippen molar-refractivity contribution in [2.45, 2.75) is 78.0 Å². The van der Waals surface area contributed by atoms with Crippen LogP contribution in [-0.2, 0) is 17.9 Å². The van der Waals surface area contributed by atoms with Gasteiger partial charge in [0.25, 0.3) is 5.88 Å². The van der Waals surface area contributed by atoms with Gasteiger partial charge in [-0.05, 0) is 48.8 Å². The van der Waals surface area contributed by atoms with Crippen molar-refractivity contribution in [2.75, 3.05) is 20.8 Å². The van der Waals surface area contributed by atoms with E-state index in [0.717, 1.165) is 18.4 Å². The second-order valence-corrected chi connectivity index (χ2v) is 9.79. The molecular weight excluding hydrogens is 486 g/mol. The zero-order chi connectivity index (χ0) is 27.1. The van der Waals surface area contributed by atoms with Crippen molar-refractivity contribution < 1.29 is 28.4 Å². The second-order valence-electron chi connectivity index (χ2n) is 9.79. The number of rotatable bonds is 13. The normalized spacial score (nSPS) is 14.2. The topological polar surface area (TPSA) is 113 Å². The van der Waals surface area contributed by atoms with Gasteiger partial charge in [-0.3, -0.25) is 4.79 Å². The van der Waals surface area contributed by atoms with Crippen LogP contribution in [0.1, 0.15) is 74.7 Å². The number of Topliss-reactive ketones (excluding diaryl/α,β-unsaturated/α-hetero) is 1. The third kappa shape index (κ3) is 6.35. The van der Waals surface area contributed by atoms with E-state index in [1.54, 1.807) is 38.5 Å². The van der Waals surface area contributed by atoms with Gasteiger partial charge in [0.1, 0.15) is 6.10 Å². The smallest absolute Gasteiger partial charge is 0.317 e. The largest absolute Gasteiger partial charge is 0.493 e. The summed E-state index contributed by atoms with van der Waals surface area (Å²) in [5.41, 5.74) is 1.67. The van der Waals surface area contributed by atoms with Crippen molar-refractivity contribution in [3.05, 3.63) is 41.0 Å². The van der Waals surface area contributed by atoms with E-state index in [-0.39, 0.29) is 24.1 Å². The molecule has 0 unspecified atom stereocenters. The Balaban J connectivity index is 1.53. The second kappa shape index (κ2) is 12.9. The molecule has 4 rings (SSSR count). The molecule has 0 radical (unpaired) electrons. The summed E-state index contributed by atoms with van der Waals surface area (Å²) in [6.45, 7) is 5.08. The van der Waals surface area contributed by atoms with Gasteiger partial charge in [-0.15, -0.1) is 0 Å². The van der Waals surface area contributed by atoms with E-state index in [2.05, 4.69) is 24.0 Å². The van der Waals surface area contributed by atoms with Gasteiger partial charge < -0.3 is 24.4 Å². The van der Waals surface area contributed by atoms with Gasteiger partial charge in [-0.25, -0.2) is 0 Å². The standard InChI is InChI=1S/C28H39N5O5/c1-5-22(6-2)38-25-12-13-26-32(31-28(29)33(26)30-25)16-23(34)20-14-21(27(36-4)24(15-20)35-3)18-37-17-19-10-8-7-9-11-19/h12-15,19,22,29H,5-11,16-18H2,1-4H3. The summed E-state index contributed by atoms with van der Waals surface area (Å²) in [6, 6.07) is 6.98.